The van der Waals surface area contributed by atoms with E-state index in [-0.39, 0.29) is 18.4 Å². The maximum atomic E-state index is 13.2. The second-order valence-electron chi connectivity index (χ2n) is 4.31. The molecule has 2 N–H and O–H groups in total. The fourth-order valence-electron chi connectivity index (χ4n) is 2.37. The summed E-state index contributed by atoms with van der Waals surface area (Å²) in [5.74, 6) is -3.35. The first-order chi connectivity index (χ1) is 8.91. The summed E-state index contributed by atoms with van der Waals surface area (Å²) in [6.07, 6.45) is -0.987. The minimum atomic E-state index is -1.39. The van der Waals surface area contributed by atoms with Crippen molar-refractivity contribution in [2.24, 2.45) is 0 Å². The number of halogens is 2. The number of amides is 1. The molecule has 0 bridgehead atoms. The number of likely N-dealkylation sites (tertiary alicyclic amines) is 1. The molecule has 1 amide bonds. The van der Waals surface area contributed by atoms with Crippen molar-refractivity contribution in [3.63, 3.8) is 0 Å². The molecule has 1 heterocycles. The molecule has 1 aromatic rings. The van der Waals surface area contributed by atoms with Gasteiger partial charge in [0, 0.05) is 0 Å². The lowest BCUT2D eigenvalue weighted by Gasteiger charge is -2.25. The van der Waals surface area contributed by atoms with E-state index in [2.05, 4.69) is 0 Å². The zero-order chi connectivity index (χ0) is 14.2. The highest BCUT2D eigenvalue weighted by Gasteiger charge is 2.41. The summed E-state index contributed by atoms with van der Waals surface area (Å²) in [5, 5.41) is 18.0. The molecule has 1 aliphatic rings. The van der Waals surface area contributed by atoms with Crippen LogP contribution in [0.1, 0.15) is 24.4 Å². The highest BCUT2D eigenvalue weighted by molar-refractivity contribution is 5.80. The van der Waals surface area contributed by atoms with Crippen molar-refractivity contribution in [2.75, 3.05) is 0 Å². The molecule has 0 aromatic heterocycles. The van der Waals surface area contributed by atoms with E-state index in [0.717, 1.165) is 17.0 Å². The van der Waals surface area contributed by atoms with Gasteiger partial charge in [-0.05, 0) is 30.5 Å². The Kier molecular flexibility index (Phi) is 3.37. The van der Waals surface area contributed by atoms with Crippen LogP contribution in [0, 0.1) is 11.6 Å². The van der Waals surface area contributed by atoms with Crippen molar-refractivity contribution in [2.45, 2.75) is 24.9 Å². The Morgan fingerprint density at radius 2 is 1.84 bits per heavy atom. The highest BCUT2D eigenvalue weighted by atomic mass is 19.2. The third kappa shape index (κ3) is 2.35. The van der Waals surface area contributed by atoms with Crippen molar-refractivity contribution < 1.29 is 28.6 Å². The maximum Gasteiger partial charge on any atom is 0.408 e. The molecule has 1 aliphatic heterocycles. The second-order valence-corrected chi connectivity index (χ2v) is 4.31. The topological polar surface area (TPSA) is 77.8 Å². The number of aliphatic carboxylic acids is 1. The third-order valence-electron chi connectivity index (χ3n) is 3.22. The molecule has 7 heteroatoms. The van der Waals surface area contributed by atoms with Crippen molar-refractivity contribution >= 4 is 12.1 Å². The molecule has 0 radical (unpaired) electrons. The molecule has 19 heavy (non-hydrogen) atoms. The summed E-state index contributed by atoms with van der Waals surface area (Å²) in [4.78, 5) is 22.9. The van der Waals surface area contributed by atoms with Crippen LogP contribution in [0.15, 0.2) is 18.2 Å². The lowest BCUT2D eigenvalue weighted by Crippen LogP contribution is -2.40. The number of rotatable bonds is 2. The third-order valence-corrected chi connectivity index (χ3v) is 3.22. The van der Waals surface area contributed by atoms with Gasteiger partial charge in [-0.3, -0.25) is 4.90 Å². The first kappa shape index (κ1) is 13.3. The fraction of sp³-hybridized carbons (Fsp3) is 0.333. The van der Waals surface area contributed by atoms with Crippen LogP contribution in [0.25, 0.3) is 0 Å². The number of hydrogen-bond acceptors (Lipinski definition) is 2. The lowest BCUT2D eigenvalue weighted by molar-refractivity contribution is -0.142. The van der Waals surface area contributed by atoms with E-state index in [1.54, 1.807) is 0 Å². The van der Waals surface area contributed by atoms with E-state index in [1.807, 2.05) is 0 Å². The molecule has 0 spiro atoms. The van der Waals surface area contributed by atoms with Crippen LogP contribution >= 0.6 is 0 Å². The van der Waals surface area contributed by atoms with Crippen LogP contribution in [0.4, 0.5) is 13.6 Å². The lowest BCUT2D eigenvalue weighted by atomic mass is 10.0. The summed E-state index contributed by atoms with van der Waals surface area (Å²) in [5.41, 5.74) is 0.255. The number of hydrogen-bond donors (Lipinski definition) is 2. The number of benzene rings is 1. The summed E-state index contributed by atoms with van der Waals surface area (Å²) in [6.45, 7) is 0. The molecule has 1 fully saturated rings. The Bertz CT molecular complexity index is 534. The van der Waals surface area contributed by atoms with Crippen LogP contribution in [-0.4, -0.2) is 33.2 Å². The zero-order valence-corrected chi connectivity index (χ0v) is 9.72. The standard InChI is InChI=1S/C12H11F2NO4/c13-7-2-1-6(5-8(7)14)9-3-4-10(11(16)17)15(9)12(18)19/h1-2,5,9-10H,3-4H2,(H,16,17)(H,18,19)/t9-,10+/m0/s1. The predicted octanol–water partition coefficient (Wildman–Crippen LogP) is 2.23. The molecular weight excluding hydrogens is 260 g/mol. The van der Waals surface area contributed by atoms with Gasteiger partial charge in [0.15, 0.2) is 11.6 Å². The number of carbonyl (C=O) groups is 2. The minimum absolute atomic E-state index is 0.144. The van der Waals surface area contributed by atoms with Gasteiger partial charge >= 0.3 is 12.1 Å². The fourth-order valence-corrected chi connectivity index (χ4v) is 2.37. The maximum absolute atomic E-state index is 13.2. The van der Waals surface area contributed by atoms with Crippen molar-refractivity contribution in [3.05, 3.63) is 35.4 Å². The highest BCUT2D eigenvalue weighted by Crippen LogP contribution is 2.36. The van der Waals surface area contributed by atoms with Gasteiger partial charge in [-0.2, -0.15) is 0 Å². The molecule has 1 aromatic carbocycles. The van der Waals surface area contributed by atoms with Crippen LogP contribution in [0.5, 0.6) is 0 Å². The van der Waals surface area contributed by atoms with E-state index in [1.165, 1.54) is 6.07 Å². The van der Waals surface area contributed by atoms with Crippen LogP contribution in [0.2, 0.25) is 0 Å². The van der Waals surface area contributed by atoms with Crippen molar-refractivity contribution in [1.29, 1.82) is 0 Å². The summed E-state index contributed by atoms with van der Waals surface area (Å²) >= 11 is 0. The monoisotopic (exact) mass is 271 g/mol. The first-order valence-corrected chi connectivity index (χ1v) is 5.61. The van der Waals surface area contributed by atoms with Crippen LogP contribution in [0.3, 0.4) is 0 Å². The summed E-state index contributed by atoms with van der Waals surface area (Å²) in [7, 11) is 0. The van der Waals surface area contributed by atoms with E-state index >= 15 is 0 Å². The van der Waals surface area contributed by atoms with E-state index in [9.17, 15) is 18.4 Å². The van der Waals surface area contributed by atoms with Gasteiger partial charge in [0.2, 0.25) is 0 Å². The van der Waals surface area contributed by atoms with E-state index in [0.29, 0.717) is 0 Å². The predicted molar refractivity (Wildman–Crippen MR) is 59.6 cm³/mol. The molecule has 1 saturated heterocycles. The number of carboxylic acids is 1. The minimum Gasteiger partial charge on any atom is -0.480 e. The molecule has 5 nitrogen and oxygen atoms in total. The largest absolute Gasteiger partial charge is 0.480 e. The van der Waals surface area contributed by atoms with Crippen LogP contribution < -0.4 is 0 Å². The molecular formula is C12H11F2NO4. The van der Waals surface area contributed by atoms with Gasteiger partial charge in [-0.25, -0.2) is 18.4 Å². The molecule has 2 rings (SSSR count). The van der Waals surface area contributed by atoms with Crippen molar-refractivity contribution in [3.8, 4) is 0 Å². The van der Waals surface area contributed by atoms with Crippen molar-refractivity contribution in [1.82, 2.24) is 4.90 Å². The Morgan fingerprint density at radius 1 is 1.16 bits per heavy atom. The Morgan fingerprint density at radius 3 is 2.37 bits per heavy atom. The van der Waals surface area contributed by atoms with E-state index in [4.69, 9.17) is 10.2 Å². The average Bonchev–Trinajstić information content (AvgIpc) is 2.77. The number of nitrogens with zero attached hydrogens (tertiary/aromatic N) is 1. The Balaban J connectivity index is 2.35. The Labute approximate surface area is 107 Å². The molecule has 102 valence electrons. The van der Waals surface area contributed by atoms with Gasteiger partial charge < -0.3 is 10.2 Å². The van der Waals surface area contributed by atoms with E-state index < -0.39 is 35.8 Å². The molecule has 0 aliphatic carbocycles. The summed E-state index contributed by atoms with van der Waals surface area (Å²) < 4.78 is 26.0. The smallest absolute Gasteiger partial charge is 0.408 e. The number of carboxylic acid groups (broad SMARTS) is 2. The molecule has 0 unspecified atom stereocenters. The SMILES string of the molecule is O=C(O)[C@H]1CC[C@@H](c2ccc(F)c(F)c2)N1C(=O)O. The normalized spacial score (nSPS) is 22.5. The van der Waals surface area contributed by atoms with Gasteiger partial charge in [-0.1, -0.05) is 6.07 Å². The van der Waals surface area contributed by atoms with Crippen LogP contribution in [-0.2, 0) is 4.79 Å². The zero-order valence-electron chi connectivity index (χ0n) is 9.72. The van der Waals surface area contributed by atoms with Gasteiger partial charge in [0.05, 0.1) is 6.04 Å². The second kappa shape index (κ2) is 4.83. The Hall–Kier alpha value is -2.18. The van der Waals surface area contributed by atoms with Gasteiger partial charge in [0.1, 0.15) is 6.04 Å². The first-order valence-electron chi connectivity index (χ1n) is 5.61. The quantitative estimate of drug-likeness (QED) is 0.864. The van der Waals surface area contributed by atoms with Gasteiger partial charge in [0.25, 0.3) is 0 Å². The van der Waals surface area contributed by atoms with Gasteiger partial charge in [-0.15, -0.1) is 0 Å². The summed E-state index contributed by atoms with van der Waals surface area (Å²) in [6, 6.07) is 1.15. The average molecular weight is 271 g/mol. The molecule has 0 saturated carbocycles. The molecule has 2 atom stereocenters.